The van der Waals surface area contributed by atoms with E-state index in [1.54, 1.807) is 42.5 Å². The van der Waals surface area contributed by atoms with Crippen LogP contribution in [0.3, 0.4) is 0 Å². The van der Waals surface area contributed by atoms with Crippen molar-refractivity contribution in [1.29, 1.82) is 5.26 Å². The summed E-state index contributed by atoms with van der Waals surface area (Å²) in [6.45, 7) is 0.224. The standard InChI is InChI=1S/C14H14FN5OS/c1-20-11(5-6-18-20)8-21-13-4-3-10(7-12(13)15)19-14(22-2)17-9-16/h3-7H,8H2,1-2H3,(H,17,19). The van der Waals surface area contributed by atoms with Crippen LogP contribution in [-0.4, -0.2) is 21.2 Å². The van der Waals surface area contributed by atoms with Crippen molar-refractivity contribution >= 4 is 22.6 Å². The smallest absolute Gasteiger partial charge is 0.183 e. The first-order valence-corrected chi connectivity index (χ1v) is 7.53. The average molecular weight is 319 g/mol. The van der Waals surface area contributed by atoms with Crippen LogP contribution in [0.5, 0.6) is 5.75 Å². The minimum absolute atomic E-state index is 0.138. The number of nitrogens with one attached hydrogen (secondary N) is 1. The Morgan fingerprint density at radius 3 is 2.95 bits per heavy atom. The summed E-state index contributed by atoms with van der Waals surface area (Å²) < 4.78 is 21.1. The second-order valence-corrected chi connectivity index (χ2v) is 5.00. The van der Waals surface area contributed by atoms with E-state index in [4.69, 9.17) is 10.00 Å². The number of amidine groups is 1. The summed E-state index contributed by atoms with van der Waals surface area (Å²) in [7, 11) is 1.79. The molecule has 22 heavy (non-hydrogen) atoms. The van der Waals surface area contributed by atoms with Crippen molar-refractivity contribution in [3.05, 3.63) is 42.0 Å². The van der Waals surface area contributed by atoms with Gasteiger partial charge in [0.25, 0.3) is 0 Å². The third kappa shape index (κ3) is 3.99. The summed E-state index contributed by atoms with van der Waals surface area (Å²) in [5.74, 6) is -0.375. The quantitative estimate of drug-likeness (QED) is 0.406. The molecular formula is C14H14FN5OS. The first-order chi connectivity index (χ1) is 10.6. The van der Waals surface area contributed by atoms with Gasteiger partial charge in [0.1, 0.15) is 6.61 Å². The summed E-state index contributed by atoms with van der Waals surface area (Å²) in [4.78, 5) is 4.13. The predicted octanol–water partition coefficient (Wildman–Crippen LogP) is 2.56. The molecular weight excluding hydrogens is 305 g/mol. The number of hydrogen-bond donors (Lipinski definition) is 1. The van der Waals surface area contributed by atoms with Crippen LogP contribution in [0, 0.1) is 17.3 Å². The summed E-state index contributed by atoms with van der Waals surface area (Å²) in [6, 6.07) is 6.19. The molecule has 114 valence electrons. The van der Waals surface area contributed by atoms with Crippen molar-refractivity contribution in [2.45, 2.75) is 6.61 Å². The summed E-state index contributed by atoms with van der Waals surface area (Å²) in [5.41, 5.74) is 1.24. The largest absolute Gasteiger partial charge is 0.484 e. The monoisotopic (exact) mass is 319 g/mol. The second-order valence-electron chi connectivity index (χ2n) is 4.21. The Morgan fingerprint density at radius 2 is 2.36 bits per heavy atom. The fourth-order valence-corrected chi connectivity index (χ4v) is 2.01. The van der Waals surface area contributed by atoms with E-state index < -0.39 is 5.82 Å². The van der Waals surface area contributed by atoms with Crippen LogP contribution in [-0.2, 0) is 13.7 Å². The molecule has 8 heteroatoms. The molecule has 0 aliphatic rings. The van der Waals surface area contributed by atoms with Crippen LogP contribution in [0.2, 0.25) is 0 Å². The third-order valence-electron chi connectivity index (χ3n) is 2.80. The van der Waals surface area contributed by atoms with Gasteiger partial charge in [-0.3, -0.25) is 10.00 Å². The third-order valence-corrected chi connectivity index (χ3v) is 3.38. The van der Waals surface area contributed by atoms with Gasteiger partial charge in [0, 0.05) is 19.3 Å². The van der Waals surface area contributed by atoms with Crippen LogP contribution in [0.4, 0.5) is 10.1 Å². The zero-order chi connectivity index (χ0) is 15.9. The van der Waals surface area contributed by atoms with Crippen LogP contribution >= 0.6 is 11.8 Å². The second kappa shape index (κ2) is 7.47. The van der Waals surface area contributed by atoms with Crippen molar-refractivity contribution in [1.82, 2.24) is 15.1 Å². The lowest BCUT2D eigenvalue weighted by molar-refractivity contribution is 0.280. The first kappa shape index (κ1) is 15.9. The molecule has 2 rings (SSSR count). The Balaban J connectivity index is 2.09. The molecule has 0 spiro atoms. The Hall–Kier alpha value is -2.53. The predicted molar refractivity (Wildman–Crippen MR) is 83.3 cm³/mol. The van der Waals surface area contributed by atoms with E-state index in [1.807, 2.05) is 0 Å². The number of nitriles is 1. The Morgan fingerprint density at radius 1 is 1.55 bits per heavy atom. The highest BCUT2D eigenvalue weighted by Crippen LogP contribution is 2.24. The molecule has 0 aliphatic heterocycles. The molecule has 0 saturated heterocycles. The summed E-state index contributed by atoms with van der Waals surface area (Å²) in [6.07, 6.45) is 5.20. The van der Waals surface area contributed by atoms with Crippen LogP contribution in [0.1, 0.15) is 5.69 Å². The highest BCUT2D eigenvalue weighted by molar-refractivity contribution is 8.13. The van der Waals surface area contributed by atoms with Gasteiger partial charge in [-0.2, -0.15) is 10.4 Å². The van der Waals surface area contributed by atoms with E-state index in [-0.39, 0.29) is 12.4 Å². The fourth-order valence-electron chi connectivity index (χ4n) is 1.66. The summed E-state index contributed by atoms with van der Waals surface area (Å²) >= 11 is 1.26. The van der Waals surface area contributed by atoms with Crippen molar-refractivity contribution in [3.63, 3.8) is 0 Å². The Labute approximate surface area is 131 Å². The normalized spacial score (nSPS) is 11.1. The molecule has 0 atom stereocenters. The van der Waals surface area contributed by atoms with Gasteiger partial charge in [0.05, 0.1) is 11.4 Å². The maximum Gasteiger partial charge on any atom is 0.183 e. The number of halogens is 1. The maximum atomic E-state index is 14.0. The number of benzene rings is 1. The molecule has 0 fully saturated rings. The van der Waals surface area contributed by atoms with Crippen LogP contribution in [0.25, 0.3) is 0 Å². The number of thioether (sulfide) groups is 1. The molecule has 1 aromatic heterocycles. The van der Waals surface area contributed by atoms with Gasteiger partial charge in [0.2, 0.25) is 0 Å². The van der Waals surface area contributed by atoms with Gasteiger partial charge in [-0.1, -0.05) is 11.8 Å². The zero-order valence-corrected chi connectivity index (χ0v) is 12.9. The van der Waals surface area contributed by atoms with Crippen molar-refractivity contribution in [3.8, 4) is 11.9 Å². The SMILES string of the molecule is CSC(=Nc1ccc(OCc2ccnn2C)c(F)c1)NC#N. The van der Waals surface area contributed by atoms with Gasteiger partial charge >= 0.3 is 0 Å². The van der Waals surface area contributed by atoms with Gasteiger partial charge in [-0.15, -0.1) is 0 Å². The van der Waals surface area contributed by atoms with E-state index in [0.29, 0.717) is 10.9 Å². The molecule has 0 aliphatic carbocycles. The molecule has 0 radical (unpaired) electrons. The van der Waals surface area contributed by atoms with Crippen molar-refractivity contribution in [2.24, 2.45) is 12.0 Å². The molecule has 1 heterocycles. The summed E-state index contributed by atoms with van der Waals surface area (Å²) in [5, 5.41) is 15.4. The van der Waals surface area contributed by atoms with Crippen molar-refractivity contribution < 1.29 is 9.13 Å². The molecule has 0 saturated carbocycles. The van der Waals surface area contributed by atoms with Gasteiger partial charge in [-0.05, 0) is 24.5 Å². The number of aliphatic imine (C=N–C) groups is 1. The molecule has 1 N–H and O–H groups in total. The van der Waals surface area contributed by atoms with E-state index in [1.165, 1.54) is 23.9 Å². The lowest BCUT2D eigenvalue weighted by atomic mass is 10.3. The molecule has 6 nitrogen and oxygen atoms in total. The van der Waals surface area contributed by atoms with Gasteiger partial charge < -0.3 is 4.74 Å². The number of nitrogens with zero attached hydrogens (tertiary/aromatic N) is 4. The number of ether oxygens (including phenoxy) is 1. The van der Waals surface area contributed by atoms with Gasteiger partial charge in [0.15, 0.2) is 22.9 Å². The molecule has 0 amide bonds. The number of aromatic nitrogens is 2. The lowest BCUT2D eigenvalue weighted by Crippen LogP contribution is -2.12. The van der Waals surface area contributed by atoms with Crippen LogP contribution < -0.4 is 10.1 Å². The minimum atomic E-state index is -0.513. The fraction of sp³-hybridized carbons (Fsp3) is 0.214. The Bertz CT molecular complexity index is 722. The van der Waals surface area contributed by atoms with Gasteiger partial charge in [-0.25, -0.2) is 9.38 Å². The first-order valence-electron chi connectivity index (χ1n) is 6.31. The van der Waals surface area contributed by atoms with E-state index in [2.05, 4.69) is 15.4 Å². The Kier molecular flexibility index (Phi) is 5.38. The number of rotatable bonds is 4. The van der Waals surface area contributed by atoms with Crippen LogP contribution in [0.15, 0.2) is 35.5 Å². The zero-order valence-electron chi connectivity index (χ0n) is 12.1. The molecule has 0 unspecified atom stereocenters. The van der Waals surface area contributed by atoms with E-state index in [0.717, 1.165) is 5.69 Å². The molecule has 1 aromatic carbocycles. The minimum Gasteiger partial charge on any atom is -0.484 e. The van der Waals surface area contributed by atoms with E-state index in [9.17, 15) is 4.39 Å². The van der Waals surface area contributed by atoms with Crippen molar-refractivity contribution in [2.75, 3.05) is 6.26 Å². The highest BCUT2D eigenvalue weighted by atomic mass is 32.2. The maximum absolute atomic E-state index is 14.0. The average Bonchev–Trinajstić information content (AvgIpc) is 2.91. The molecule has 2 aromatic rings. The lowest BCUT2D eigenvalue weighted by Gasteiger charge is -2.08. The number of aryl methyl sites for hydroxylation is 1. The topological polar surface area (TPSA) is 75.2 Å². The number of hydrogen-bond acceptors (Lipinski definition) is 5. The highest BCUT2D eigenvalue weighted by Gasteiger charge is 2.07. The molecule has 0 bridgehead atoms. The van der Waals surface area contributed by atoms with E-state index >= 15 is 0 Å².